The number of hydrogen-bond donors (Lipinski definition) is 2. The minimum Gasteiger partial charge on any atom is -0.354 e. The van der Waals surface area contributed by atoms with E-state index in [2.05, 4.69) is 24.5 Å². The largest absolute Gasteiger partial charge is 0.354 e. The lowest BCUT2D eigenvalue weighted by molar-refractivity contribution is -0.156. The first-order valence-corrected chi connectivity index (χ1v) is 19.2. The van der Waals surface area contributed by atoms with Gasteiger partial charge in [0.1, 0.15) is 24.2 Å². The van der Waals surface area contributed by atoms with Crippen LogP contribution in [0.5, 0.6) is 0 Å². The molecule has 1 aromatic carbocycles. The number of benzene rings is 1. The molecule has 0 spiro atoms. The first-order valence-electron chi connectivity index (χ1n) is 19.2. The van der Waals surface area contributed by atoms with Crippen molar-refractivity contribution < 1.29 is 24.0 Å². The summed E-state index contributed by atoms with van der Waals surface area (Å²) in [5, 5.41) is 6.12. The Morgan fingerprint density at radius 1 is 0.558 bits per heavy atom. The van der Waals surface area contributed by atoms with Crippen LogP contribution in [0.25, 0.3) is 0 Å². The van der Waals surface area contributed by atoms with Gasteiger partial charge in [0, 0.05) is 34.7 Å². The molecular formula is C41H72N6O5. The number of carbonyl (C=O) groups excluding carboxylic acids is 5. The van der Waals surface area contributed by atoms with E-state index in [9.17, 15) is 24.0 Å². The highest BCUT2D eigenvalue weighted by molar-refractivity contribution is 5.96. The Bertz CT molecular complexity index is 1280. The van der Waals surface area contributed by atoms with Crippen molar-refractivity contribution in [2.24, 2.45) is 29.6 Å². The first-order chi connectivity index (χ1) is 24.2. The summed E-state index contributed by atoms with van der Waals surface area (Å²) in [6.45, 7) is 20.1. The van der Waals surface area contributed by atoms with Crippen molar-refractivity contribution in [3.05, 3.63) is 35.9 Å². The third-order valence-electron chi connectivity index (χ3n) is 9.81. The molecule has 0 saturated heterocycles. The molecule has 0 bridgehead atoms. The molecule has 0 aliphatic heterocycles. The van der Waals surface area contributed by atoms with Gasteiger partial charge in [0.25, 0.3) is 0 Å². The number of likely N-dealkylation sites (N-methyl/N-ethyl adjacent to an activating group) is 5. The average Bonchev–Trinajstić information content (AvgIpc) is 3.06. The highest BCUT2D eigenvalue weighted by atomic mass is 16.2. The lowest BCUT2D eigenvalue weighted by atomic mass is 9.94. The highest BCUT2D eigenvalue weighted by Crippen LogP contribution is 2.23. The van der Waals surface area contributed by atoms with Gasteiger partial charge in [-0.05, 0) is 67.9 Å². The van der Waals surface area contributed by atoms with Crippen LogP contribution in [-0.2, 0) is 30.4 Å². The minimum absolute atomic E-state index is 0.0627. The zero-order chi connectivity index (χ0) is 40.0. The smallest absolute Gasteiger partial charge is 0.246 e. The summed E-state index contributed by atoms with van der Waals surface area (Å²) < 4.78 is 0. The predicted octanol–water partition coefficient (Wildman–Crippen LogP) is 4.69. The van der Waals surface area contributed by atoms with Gasteiger partial charge >= 0.3 is 0 Å². The Morgan fingerprint density at radius 3 is 1.38 bits per heavy atom. The summed E-state index contributed by atoms with van der Waals surface area (Å²) >= 11 is 0. The number of hydrogen-bond acceptors (Lipinski definition) is 6. The van der Waals surface area contributed by atoms with Gasteiger partial charge in [-0.15, -0.1) is 0 Å². The molecule has 0 radical (unpaired) electrons. The molecule has 0 fully saturated rings. The molecular weight excluding hydrogens is 656 g/mol. The maximum Gasteiger partial charge on any atom is 0.246 e. The molecule has 0 aliphatic carbocycles. The van der Waals surface area contributed by atoms with Crippen molar-refractivity contribution in [1.29, 1.82) is 0 Å². The molecule has 11 nitrogen and oxygen atoms in total. The molecule has 0 unspecified atom stereocenters. The van der Waals surface area contributed by atoms with Crippen LogP contribution in [0.4, 0.5) is 0 Å². The Labute approximate surface area is 315 Å². The Hall–Kier alpha value is -3.47. The van der Waals surface area contributed by atoms with Crippen LogP contribution in [0, 0.1) is 29.6 Å². The van der Waals surface area contributed by atoms with E-state index >= 15 is 0 Å². The van der Waals surface area contributed by atoms with E-state index in [0.717, 1.165) is 5.56 Å². The van der Waals surface area contributed by atoms with Gasteiger partial charge in [0.05, 0.1) is 6.04 Å². The molecule has 296 valence electrons. The summed E-state index contributed by atoms with van der Waals surface area (Å²) in [5.41, 5.74) is 1.11. The average molecular weight is 729 g/mol. The van der Waals surface area contributed by atoms with Gasteiger partial charge in [0.2, 0.25) is 29.5 Å². The molecule has 0 aromatic heterocycles. The Kier molecular flexibility index (Phi) is 19.6. The van der Waals surface area contributed by atoms with Crippen LogP contribution in [0.1, 0.15) is 94.1 Å². The Morgan fingerprint density at radius 2 is 0.981 bits per heavy atom. The maximum absolute atomic E-state index is 14.5. The van der Waals surface area contributed by atoms with Crippen molar-refractivity contribution in [3.63, 3.8) is 0 Å². The lowest BCUT2D eigenvalue weighted by Crippen LogP contribution is -2.61. The summed E-state index contributed by atoms with van der Waals surface area (Å²) in [4.78, 5) is 76.3. The zero-order valence-electron chi connectivity index (χ0n) is 35.0. The van der Waals surface area contributed by atoms with Crippen LogP contribution in [0.2, 0.25) is 0 Å². The second kappa shape index (κ2) is 21.9. The number of amides is 5. The fraction of sp³-hybridized carbons (Fsp3) is 0.732. The molecule has 5 amide bonds. The molecule has 1 aromatic rings. The zero-order valence-corrected chi connectivity index (χ0v) is 35.0. The van der Waals surface area contributed by atoms with E-state index in [4.69, 9.17) is 0 Å². The predicted molar refractivity (Wildman–Crippen MR) is 210 cm³/mol. The summed E-state index contributed by atoms with van der Waals surface area (Å²) in [5.74, 6) is -1.44. The molecule has 0 aliphatic rings. The van der Waals surface area contributed by atoms with E-state index in [1.165, 1.54) is 19.6 Å². The first kappa shape index (κ1) is 46.6. The number of nitrogens with one attached hydrogen (secondary N) is 2. The molecule has 2 N–H and O–H groups in total. The summed E-state index contributed by atoms with van der Waals surface area (Å²) in [6, 6.07) is 6.19. The molecule has 52 heavy (non-hydrogen) atoms. The van der Waals surface area contributed by atoms with Crippen LogP contribution in [-0.4, -0.2) is 121 Å². The van der Waals surface area contributed by atoms with Crippen molar-refractivity contribution in [2.75, 3.05) is 41.8 Å². The lowest BCUT2D eigenvalue weighted by Gasteiger charge is -2.41. The third-order valence-corrected chi connectivity index (χ3v) is 9.81. The van der Waals surface area contributed by atoms with Gasteiger partial charge < -0.3 is 30.2 Å². The summed E-state index contributed by atoms with van der Waals surface area (Å²) in [6.07, 6.45) is 2.11. The van der Waals surface area contributed by atoms with E-state index in [-0.39, 0.29) is 59.1 Å². The second-order valence-corrected chi connectivity index (χ2v) is 16.5. The van der Waals surface area contributed by atoms with Crippen LogP contribution in [0.3, 0.4) is 0 Å². The fourth-order valence-electron chi connectivity index (χ4n) is 6.96. The van der Waals surface area contributed by atoms with Crippen molar-refractivity contribution in [2.45, 2.75) is 125 Å². The van der Waals surface area contributed by atoms with Gasteiger partial charge in [-0.2, -0.15) is 0 Å². The molecule has 11 heteroatoms. The fourth-order valence-corrected chi connectivity index (χ4v) is 6.96. The molecule has 0 heterocycles. The molecule has 0 saturated carbocycles. The third kappa shape index (κ3) is 13.5. The van der Waals surface area contributed by atoms with E-state index < -0.39 is 30.2 Å². The van der Waals surface area contributed by atoms with Crippen LogP contribution < -0.4 is 10.6 Å². The van der Waals surface area contributed by atoms with Gasteiger partial charge in [-0.25, -0.2) is 0 Å². The highest BCUT2D eigenvalue weighted by Gasteiger charge is 2.42. The van der Waals surface area contributed by atoms with Crippen molar-refractivity contribution in [1.82, 2.24) is 30.2 Å². The SMILES string of the molecule is CN[C@@H](CC(C)C)C(=O)N(C)[C@@H](CC(C)C)C(=O)N(C)[C@H](C(=O)N(C)[C@@H](CC(C)C)C(=O)N(C)[C@H](C(=O)NCCc1ccccc1)C(C)C)C(C)C. The quantitative estimate of drug-likeness (QED) is 0.190. The van der Waals surface area contributed by atoms with E-state index in [1.807, 2.05) is 85.7 Å². The van der Waals surface area contributed by atoms with E-state index in [0.29, 0.717) is 32.2 Å². The maximum atomic E-state index is 14.5. The van der Waals surface area contributed by atoms with Gasteiger partial charge in [0.15, 0.2) is 0 Å². The minimum atomic E-state index is -0.888. The Balaban J connectivity index is 3.39. The van der Waals surface area contributed by atoms with E-state index in [1.54, 1.807) is 35.2 Å². The van der Waals surface area contributed by atoms with Gasteiger partial charge in [-0.3, -0.25) is 24.0 Å². The topological polar surface area (TPSA) is 122 Å². The number of carbonyl (C=O) groups is 5. The van der Waals surface area contributed by atoms with Crippen molar-refractivity contribution in [3.8, 4) is 0 Å². The number of rotatable bonds is 21. The molecule has 5 atom stereocenters. The molecule has 1 rings (SSSR count). The second-order valence-electron chi connectivity index (χ2n) is 16.5. The monoisotopic (exact) mass is 729 g/mol. The normalized spacial score (nSPS) is 14.6. The standard InChI is InChI=1S/C41H72N6O5/c1-26(2)23-32(42-11)38(49)44(12)33(24-27(3)4)40(51)47(15)36(30(9)10)41(52)45(13)34(25-28(5)6)39(50)46(14)35(29(7)8)37(48)43-22-21-31-19-17-16-18-20-31/h16-20,26-30,32-36,42H,21-25H2,1-15H3,(H,43,48)/t32-,33-,34-,35-,36-/m0/s1. The van der Waals surface area contributed by atoms with Crippen LogP contribution >= 0.6 is 0 Å². The summed E-state index contributed by atoms with van der Waals surface area (Å²) in [7, 11) is 8.28. The van der Waals surface area contributed by atoms with Crippen LogP contribution in [0.15, 0.2) is 30.3 Å². The number of nitrogens with zero attached hydrogens (tertiary/aromatic N) is 4. The van der Waals surface area contributed by atoms with Crippen molar-refractivity contribution >= 4 is 29.5 Å². The van der Waals surface area contributed by atoms with Gasteiger partial charge in [-0.1, -0.05) is 99.6 Å².